The smallest absolute Gasteiger partial charge is 0.121 e. The van der Waals surface area contributed by atoms with E-state index >= 15 is 0 Å². The number of nitrogens with zero attached hydrogens (tertiary/aromatic N) is 3. The molecule has 4 nitrogen and oxygen atoms in total. The molecule has 1 fully saturated rings. The Kier molecular flexibility index (Phi) is 4.32. The second kappa shape index (κ2) is 6.62. The van der Waals surface area contributed by atoms with Crippen LogP contribution in [0.2, 0.25) is 0 Å². The Morgan fingerprint density at radius 3 is 2.68 bits per heavy atom. The second-order valence-electron chi connectivity index (χ2n) is 7.23. The number of H-pyrrole nitrogens is 1. The summed E-state index contributed by atoms with van der Waals surface area (Å²) in [6.45, 7) is 8.38. The fourth-order valence-corrected chi connectivity index (χ4v) is 3.76. The Labute approximate surface area is 149 Å². The molecule has 0 radical (unpaired) electrons. The van der Waals surface area contributed by atoms with Crippen molar-refractivity contribution in [3.05, 3.63) is 65.0 Å². The van der Waals surface area contributed by atoms with Crippen molar-refractivity contribution < 1.29 is 0 Å². The monoisotopic (exact) mass is 334 g/mol. The summed E-state index contributed by atoms with van der Waals surface area (Å²) in [7, 11) is 2.22. The number of aromatic nitrogens is 2. The molecule has 1 saturated heterocycles. The number of aromatic amines is 1. The molecule has 4 heteroatoms. The maximum Gasteiger partial charge on any atom is 0.121 e. The normalized spacial score (nSPS) is 19.6. The van der Waals surface area contributed by atoms with E-state index in [1.54, 1.807) is 0 Å². The average Bonchev–Trinajstić information content (AvgIpc) is 3.04. The van der Waals surface area contributed by atoms with Gasteiger partial charge >= 0.3 is 0 Å². The predicted molar refractivity (Wildman–Crippen MR) is 103 cm³/mol. The molecule has 4 rings (SSSR count). The molecule has 1 aromatic heterocycles. The van der Waals surface area contributed by atoms with E-state index in [-0.39, 0.29) is 0 Å². The lowest BCUT2D eigenvalue weighted by Gasteiger charge is -2.39. The van der Waals surface area contributed by atoms with Crippen LogP contribution < -0.4 is 0 Å². The van der Waals surface area contributed by atoms with Gasteiger partial charge < -0.3 is 4.98 Å². The highest BCUT2D eigenvalue weighted by Crippen LogP contribution is 2.25. The summed E-state index contributed by atoms with van der Waals surface area (Å²) in [4.78, 5) is 13.4. The third-order valence-electron chi connectivity index (χ3n) is 5.52. The van der Waals surface area contributed by atoms with Gasteiger partial charge in [-0.15, -0.1) is 0 Å². The van der Waals surface area contributed by atoms with E-state index in [0.717, 1.165) is 43.0 Å². The molecule has 1 aliphatic rings. The lowest BCUT2D eigenvalue weighted by molar-refractivity contribution is 0.0889. The molecular weight excluding hydrogens is 308 g/mol. The van der Waals surface area contributed by atoms with Gasteiger partial charge in [-0.25, -0.2) is 4.98 Å². The Bertz CT molecular complexity index is 868. The molecule has 1 atom stereocenters. The van der Waals surface area contributed by atoms with Crippen LogP contribution in [0.25, 0.3) is 11.0 Å². The highest BCUT2D eigenvalue weighted by molar-refractivity contribution is 5.79. The van der Waals surface area contributed by atoms with Crippen LogP contribution in [-0.4, -0.2) is 46.4 Å². The number of likely N-dealkylation sites (N-methyl/N-ethyl adjacent to an activating group) is 1. The van der Waals surface area contributed by atoms with Crippen molar-refractivity contribution in [2.24, 2.45) is 0 Å². The SMILES string of the molecule is Cc1ccc2[nH]c(CN3CCN(C)[C@@H](c4ccccc4)C3)nc2c1C. The first kappa shape index (κ1) is 16.3. The van der Waals surface area contributed by atoms with Crippen molar-refractivity contribution in [1.82, 2.24) is 19.8 Å². The number of nitrogens with one attached hydrogen (secondary N) is 1. The molecule has 25 heavy (non-hydrogen) atoms. The number of rotatable bonds is 3. The van der Waals surface area contributed by atoms with Crippen LogP contribution in [0.1, 0.15) is 28.6 Å². The summed E-state index contributed by atoms with van der Waals surface area (Å²) in [5.41, 5.74) is 6.23. The minimum atomic E-state index is 0.448. The van der Waals surface area contributed by atoms with E-state index in [0.29, 0.717) is 6.04 Å². The van der Waals surface area contributed by atoms with Crippen LogP contribution >= 0.6 is 0 Å². The summed E-state index contributed by atoms with van der Waals surface area (Å²) in [6, 6.07) is 15.6. The molecule has 0 unspecified atom stereocenters. The van der Waals surface area contributed by atoms with E-state index in [9.17, 15) is 0 Å². The fourth-order valence-electron chi connectivity index (χ4n) is 3.76. The molecule has 2 aromatic carbocycles. The molecule has 1 N–H and O–H groups in total. The summed E-state index contributed by atoms with van der Waals surface area (Å²) >= 11 is 0. The molecule has 3 aromatic rings. The van der Waals surface area contributed by atoms with Crippen LogP contribution in [0.3, 0.4) is 0 Å². The summed E-state index contributed by atoms with van der Waals surface area (Å²) in [5, 5.41) is 0. The molecular formula is C21H26N4. The van der Waals surface area contributed by atoms with Crippen LogP contribution in [0, 0.1) is 13.8 Å². The Morgan fingerprint density at radius 1 is 1.08 bits per heavy atom. The molecule has 2 heterocycles. The van der Waals surface area contributed by atoms with Gasteiger partial charge in [0, 0.05) is 25.7 Å². The number of hydrogen-bond acceptors (Lipinski definition) is 3. The topological polar surface area (TPSA) is 35.2 Å². The summed E-state index contributed by atoms with van der Waals surface area (Å²) < 4.78 is 0. The van der Waals surface area contributed by atoms with Crippen molar-refractivity contribution in [1.29, 1.82) is 0 Å². The maximum atomic E-state index is 4.87. The zero-order chi connectivity index (χ0) is 17.4. The molecule has 0 saturated carbocycles. The third-order valence-corrected chi connectivity index (χ3v) is 5.52. The molecule has 1 aliphatic heterocycles. The minimum absolute atomic E-state index is 0.448. The van der Waals surface area contributed by atoms with Gasteiger partial charge in [-0.1, -0.05) is 36.4 Å². The highest BCUT2D eigenvalue weighted by Gasteiger charge is 2.26. The minimum Gasteiger partial charge on any atom is -0.341 e. The van der Waals surface area contributed by atoms with Crippen molar-refractivity contribution in [2.45, 2.75) is 26.4 Å². The summed E-state index contributed by atoms with van der Waals surface area (Å²) in [5.74, 6) is 1.07. The summed E-state index contributed by atoms with van der Waals surface area (Å²) in [6.07, 6.45) is 0. The standard InChI is InChI=1S/C21H26N4/c1-15-9-10-18-21(16(15)2)23-20(22-18)14-25-12-11-24(3)19(13-25)17-7-5-4-6-8-17/h4-10,19H,11-14H2,1-3H3,(H,22,23)/t19-/m1/s1. The van der Waals surface area contributed by atoms with Crippen LogP contribution in [0.15, 0.2) is 42.5 Å². The predicted octanol–water partition coefficient (Wildman–Crippen LogP) is 3.67. The van der Waals surface area contributed by atoms with Crippen molar-refractivity contribution >= 4 is 11.0 Å². The van der Waals surface area contributed by atoms with E-state index in [4.69, 9.17) is 4.98 Å². The first-order valence-electron chi connectivity index (χ1n) is 9.04. The first-order valence-corrected chi connectivity index (χ1v) is 9.04. The fraction of sp³-hybridized carbons (Fsp3) is 0.381. The van der Waals surface area contributed by atoms with Gasteiger partial charge in [0.1, 0.15) is 5.82 Å². The largest absolute Gasteiger partial charge is 0.341 e. The number of aryl methyl sites for hydroxylation is 2. The van der Waals surface area contributed by atoms with E-state index in [1.165, 1.54) is 16.7 Å². The number of piperazine rings is 1. The molecule has 0 amide bonds. The highest BCUT2D eigenvalue weighted by atomic mass is 15.3. The number of hydrogen-bond donors (Lipinski definition) is 1. The molecule has 0 bridgehead atoms. The first-order chi connectivity index (χ1) is 12.1. The Morgan fingerprint density at radius 2 is 1.88 bits per heavy atom. The number of imidazole rings is 1. The van der Waals surface area contributed by atoms with Gasteiger partial charge in [0.15, 0.2) is 0 Å². The maximum absolute atomic E-state index is 4.87. The van der Waals surface area contributed by atoms with Crippen molar-refractivity contribution in [3.8, 4) is 0 Å². The zero-order valence-electron chi connectivity index (χ0n) is 15.3. The van der Waals surface area contributed by atoms with Crippen LogP contribution in [-0.2, 0) is 6.54 Å². The van der Waals surface area contributed by atoms with Crippen molar-refractivity contribution in [3.63, 3.8) is 0 Å². The van der Waals surface area contributed by atoms with Gasteiger partial charge in [0.25, 0.3) is 0 Å². The van der Waals surface area contributed by atoms with Gasteiger partial charge in [-0.2, -0.15) is 0 Å². The van der Waals surface area contributed by atoms with E-state index in [1.807, 2.05) is 0 Å². The van der Waals surface area contributed by atoms with Crippen LogP contribution in [0.4, 0.5) is 0 Å². The second-order valence-corrected chi connectivity index (χ2v) is 7.23. The number of fused-ring (bicyclic) bond motifs is 1. The average molecular weight is 334 g/mol. The van der Waals surface area contributed by atoms with Gasteiger partial charge in [0.05, 0.1) is 17.6 Å². The molecule has 0 aliphatic carbocycles. The van der Waals surface area contributed by atoms with Crippen molar-refractivity contribution in [2.75, 3.05) is 26.7 Å². The quantitative estimate of drug-likeness (QED) is 0.794. The lowest BCUT2D eigenvalue weighted by Crippen LogP contribution is -2.46. The number of benzene rings is 2. The van der Waals surface area contributed by atoms with Crippen LogP contribution in [0.5, 0.6) is 0 Å². The zero-order valence-corrected chi connectivity index (χ0v) is 15.3. The van der Waals surface area contributed by atoms with E-state index < -0.39 is 0 Å². The lowest BCUT2D eigenvalue weighted by atomic mass is 10.0. The van der Waals surface area contributed by atoms with Gasteiger partial charge in [-0.05, 0) is 43.7 Å². The Hall–Kier alpha value is -2.17. The van der Waals surface area contributed by atoms with E-state index in [2.05, 4.69) is 78.1 Å². The molecule has 130 valence electrons. The third kappa shape index (κ3) is 3.20. The molecule has 0 spiro atoms. The van der Waals surface area contributed by atoms with Gasteiger partial charge in [0.2, 0.25) is 0 Å². The van der Waals surface area contributed by atoms with Gasteiger partial charge in [-0.3, -0.25) is 9.80 Å². The Balaban J connectivity index is 1.54.